The third-order valence-corrected chi connectivity index (χ3v) is 6.83. The molecule has 0 spiro atoms. The second-order valence-electron chi connectivity index (χ2n) is 8.75. The van der Waals surface area contributed by atoms with E-state index < -0.39 is 0 Å². The highest BCUT2D eigenvalue weighted by Crippen LogP contribution is 2.39. The molecule has 2 heterocycles. The molecule has 2 aromatic rings. The number of rotatable bonds is 5. The maximum atomic E-state index is 13.1. The molecular weight excluding hydrogens is 360 g/mol. The van der Waals surface area contributed by atoms with Crippen molar-refractivity contribution in [2.45, 2.75) is 52.0 Å². The number of nitrogens with zero attached hydrogens (tertiary/aromatic N) is 1. The lowest BCUT2D eigenvalue weighted by molar-refractivity contribution is 0.0919. The lowest BCUT2D eigenvalue weighted by Crippen LogP contribution is -2.37. The van der Waals surface area contributed by atoms with Crippen molar-refractivity contribution >= 4 is 28.4 Å². The zero-order chi connectivity index (χ0) is 19.0. The number of amides is 1. The van der Waals surface area contributed by atoms with E-state index in [1.165, 1.54) is 25.7 Å². The maximum Gasteiger partial charge on any atom is 0.253 e. The molecule has 1 amide bonds. The van der Waals surface area contributed by atoms with Gasteiger partial charge in [-0.05, 0) is 42.7 Å². The molecule has 0 radical (unpaired) electrons. The summed E-state index contributed by atoms with van der Waals surface area (Å²) in [5, 5.41) is 4.68. The van der Waals surface area contributed by atoms with Crippen molar-refractivity contribution < 1.29 is 9.53 Å². The van der Waals surface area contributed by atoms with Gasteiger partial charge in [-0.25, -0.2) is 0 Å². The topological polar surface area (TPSA) is 43.3 Å². The first-order chi connectivity index (χ1) is 13.0. The smallest absolute Gasteiger partial charge is 0.253 e. The van der Waals surface area contributed by atoms with Gasteiger partial charge in [-0.1, -0.05) is 44.4 Å². The van der Waals surface area contributed by atoms with Crippen molar-refractivity contribution in [1.29, 1.82) is 0 Å². The first-order valence-electron chi connectivity index (χ1n) is 10.1. The number of fused-ring (bicyclic) bond motifs is 1. The van der Waals surface area contributed by atoms with Gasteiger partial charge in [0.15, 0.2) is 0 Å². The Morgan fingerprint density at radius 2 is 2.07 bits per heavy atom. The Hall–Kier alpha value is -1.52. The summed E-state index contributed by atoms with van der Waals surface area (Å²) >= 11 is 6.50. The van der Waals surface area contributed by atoms with Crippen LogP contribution in [0.3, 0.4) is 0 Å². The molecule has 146 valence electrons. The minimum Gasteiger partial charge on any atom is -0.379 e. The van der Waals surface area contributed by atoms with E-state index in [0.29, 0.717) is 29.7 Å². The SMILES string of the molecule is CC(C)(CNC(=O)c1cn(C2CCOC2)c2cccc(Cl)c12)C1CCCC1. The van der Waals surface area contributed by atoms with E-state index in [-0.39, 0.29) is 17.4 Å². The van der Waals surface area contributed by atoms with Gasteiger partial charge in [-0.15, -0.1) is 0 Å². The summed E-state index contributed by atoms with van der Waals surface area (Å²) in [5.74, 6) is 0.662. The molecule has 1 saturated carbocycles. The molecule has 2 fully saturated rings. The molecule has 2 aliphatic rings. The predicted octanol–water partition coefficient (Wildman–Crippen LogP) is 5.20. The van der Waals surface area contributed by atoms with Crippen LogP contribution in [-0.2, 0) is 4.74 Å². The van der Waals surface area contributed by atoms with E-state index in [0.717, 1.165) is 23.9 Å². The van der Waals surface area contributed by atoms with E-state index in [2.05, 4.69) is 23.7 Å². The van der Waals surface area contributed by atoms with Crippen LogP contribution >= 0.6 is 11.6 Å². The molecule has 1 unspecified atom stereocenters. The van der Waals surface area contributed by atoms with Crippen LogP contribution < -0.4 is 5.32 Å². The fourth-order valence-corrected chi connectivity index (χ4v) is 5.01. The van der Waals surface area contributed by atoms with E-state index >= 15 is 0 Å². The minimum absolute atomic E-state index is 0.0307. The van der Waals surface area contributed by atoms with Crippen molar-refractivity contribution in [3.05, 3.63) is 35.0 Å². The molecule has 4 rings (SSSR count). The lowest BCUT2D eigenvalue weighted by Gasteiger charge is -2.31. The summed E-state index contributed by atoms with van der Waals surface area (Å²) in [4.78, 5) is 13.1. The Morgan fingerprint density at radius 1 is 1.30 bits per heavy atom. The summed E-state index contributed by atoms with van der Waals surface area (Å²) in [6.07, 6.45) is 8.11. The average molecular weight is 389 g/mol. The van der Waals surface area contributed by atoms with Gasteiger partial charge in [-0.3, -0.25) is 4.79 Å². The quantitative estimate of drug-likeness (QED) is 0.764. The second kappa shape index (κ2) is 7.48. The van der Waals surface area contributed by atoms with Gasteiger partial charge < -0.3 is 14.6 Å². The summed E-state index contributed by atoms with van der Waals surface area (Å²) in [5.41, 5.74) is 1.80. The van der Waals surface area contributed by atoms with Crippen molar-refractivity contribution in [3.63, 3.8) is 0 Å². The minimum atomic E-state index is -0.0307. The average Bonchev–Trinajstić information content (AvgIpc) is 3.39. The van der Waals surface area contributed by atoms with E-state index in [1.54, 1.807) is 0 Å². The number of nitrogens with one attached hydrogen (secondary N) is 1. The first kappa shape index (κ1) is 18.8. The van der Waals surface area contributed by atoms with Crippen LogP contribution in [0.1, 0.15) is 62.4 Å². The molecule has 4 nitrogen and oxygen atoms in total. The number of carbonyl (C=O) groups excluding carboxylic acids is 1. The van der Waals surface area contributed by atoms with Crippen LogP contribution in [0.5, 0.6) is 0 Å². The van der Waals surface area contributed by atoms with Crippen molar-refractivity contribution in [2.75, 3.05) is 19.8 Å². The number of benzene rings is 1. The first-order valence-corrected chi connectivity index (χ1v) is 10.5. The van der Waals surface area contributed by atoms with Crippen molar-refractivity contribution in [1.82, 2.24) is 9.88 Å². The zero-order valence-corrected chi connectivity index (χ0v) is 17.0. The van der Waals surface area contributed by atoms with Crippen molar-refractivity contribution in [2.24, 2.45) is 11.3 Å². The van der Waals surface area contributed by atoms with Gasteiger partial charge in [0.2, 0.25) is 0 Å². The second-order valence-corrected chi connectivity index (χ2v) is 9.16. The van der Waals surface area contributed by atoms with Gasteiger partial charge in [-0.2, -0.15) is 0 Å². The van der Waals surface area contributed by atoms with Crippen LogP contribution in [-0.4, -0.2) is 30.2 Å². The highest BCUT2D eigenvalue weighted by atomic mass is 35.5. The molecule has 1 N–H and O–H groups in total. The Bertz CT molecular complexity index is 830. The van der Waals surface area contributed by atoms with Crippen LogP contribution in [0.2, 0.25) is 5.02 Å². The molecule has 27 heavy (non-hydrogen) atoms. The molecule has 0 bridgehead atoms. The maximum absolute atomic E-state index is 13.1. The molecule has 1 aliphatic heterocycles. The third-order valence-electron chi connectivity index (χ3n) is 6.52. The molecule has 1 aliphatic carbocycles. The largest absolute Gasteiger partial charge is 0.379 e. The van der Waals surface area contributed by atoms with Gasteiger partial charge in [0.1, 0.15) is 0 Å². The van der Waals surface area contributed by atoms with Crippen LogP contribution in [0.4, 0.5) is 0 Å². The van der Waals surface area contributed by atoms with Crippen LogP contribution in [0.15, 0.2) is 24.4 Å². The Labute approximate surface area is 166 Å². The third kappa shape index (κ3) is 3.62. The summed E-state index contributed by atoms with van der Waals surface area (Å²) < 4.78 is 7.73. The standard InChI is InChI=1S/C22H29ClN2O2/c1-22(2,15-6-3-4-7-15)14-24-21(26)17-12-25(16-10-11-27-13-16)19-9-5-8-18(23)20(17)19/h5,8-9,12,15-16H,3-4,6-7,10-11,13-14H2,1-2H3,(H,24,26). The number of ether oxygens (including phenoxy) is 1. The van der Waals surface area contributed by atoms with Crippen LogP contribution in [0.25, 0.3) is 10.9 Å². The summed E-state index contributed by atoms with van der Waals surface area (Å²) in [6.45, 7) is 6.69. The van der Waals surface area contributed by atoms with E-state index in [4.69, 9.17) is 16.3 Å². The molecule has 1 saturated heterocycles. The van der Waals surface area contributed by atoms with Gasteiger partial charge in [0, 0.05) is 24.7 Å². The molecule has 1 aromatic heterocycles. The Kier molecular flexibility index (Phi) is 5.21. The number of hydrogen-bond donors (Lipinski definition) is 1. The number of hydrogen-bond acceptors (Lipinski definition) is 2. The predicted molar refractivity (Wildman–Crippen MR) is 109 cm³/mol. The normalized spacial score (nSPS) is 21.2. The number of carbonyl (C=O) groups is 1. The highest BCUT2D eigenvalue weighted by Gasteiger charge is 2.32. The lowest BCUT2D eigenvalue weighted by atomic mass is 9.77. The Morgan fingerprint density at radius 3 is 2.78 bits per heavy atom. The number of aromatic nitrogens is 1. The molecular formula is C22H29ClN2O2. The van der Waals surface area contributed by atoms with Gasteiger partial charge in [0.25, 0.3) is 5.91 Å². The zero-order valence-electron chi connectivity index (χ0n) is 16.3. The molecule has 1 atom stereocenters. The van der Waals surface area contributed by atoms with Gasteiger partial charge >= 0.3 is 0 Å². The van der Waals surface area contributed by atoms with Gasteiger partial charge in [0.05, 0.1) is 28.8 Å². The Balaban J connectivity index is 1.59. The fourth-order valence-electron chi connectivity index (χ4n) is 4.74. The van der Waals surface area contributed by atoms with E-state index in [9.17, 15) is 4.79 Å². The summed E-state index contributed by atoms with van der Waals surface area (Å²) in [7, 11) is 0. The molecule has 5 heteroatoms. The van der Waals surface area contributed by atoms with Crippen molar-refractivity contribution in [3.8, 4) is 0 Å². The van der Waals surface area contributed by atoms with E-state index in [1.807, 2.05) is 24.4 Å². The summed E-state index contributed by atoms with van der Waals surface area (Å²) in [6, 6.07) is 6.11. The fraction of sp³-hybridized carbons (Fsp3) is 0.591. The molecule has 1 aromatic carbocycles. The van der Waals surface area contributed by atoms with Crippen LogP contribution in [0, 0.1) is 11.3 Å². The number of halogens is 1. The monoisotopic (exact) mass is 388 g/mol. The highest BCUT2D eigenvalue weighted by molar-refractivity contribution is 6.36.